The molecule has 0 aliphatic carbocycles. The molecule has 9 nitrogen and oxygen atoms in total. The Kier molecular flexibility index (Phi) is 5.59. The number of nitrogens with zero attached hydrogens (tertiary/aromatic N) is 5. The highest BCUT2D eigenvalue weighted by Gasteiger charge is 2.34. The topological polar surface area (TPSA) is 112 Å². The number of benzene rings is 1. The normalized spacial score (nSPS) is 16.0. The molecule has 4 heterocycles. The average Bonchev–Trinajstić information content (AvgIpc) is 3.33. The van der Waals surface area contributed by atoms with Crippen molar-refractivity contribution in [2.45, 2.75) is 13.0 Å². The van der Waals surface area contributed by atoms with Crippen molar-refractivity contribution in [1.29, 1.82) is 0 Å². The van der Waals surface area contributed by atoms with E-state index in [2.05, 4.69) is 19.9 Å². The third-order valence-electron chi connectivity index (χ3n) is 6.04. The number of rotatable bonds is 4. The van der Waals surface area contributed by atoms with E-state index in [9.17, 15) is 14.4 Å². The summed E-state index contributed by atoms with van der Waals surface area (Å²) in [6.45, 7) is 2.84. The highest BCUT2D eigenvalue weighted by molar-refractivity contribution is 6.44. The van der Waals surface area contributed by atoms with E-state index < -0.39 is 11.7 Å². The molecule has 3 aromatic heterocycles. The summed E-state index contributed by atoms with van der Waals surface area (Å²) in [5.74, 6) is -1.32. The van der Waals surface area contributed by atoms with Gasteiger partial charge in [-0.3, -0.25) is 29.3 Å². The van der Waals surface area contributed by atoms with E-state index in [1.165, 1.54) is 11.1 Å². The van der Waals surface area contributed by atoms with Crippen molar-refractivity contribution in [3.05, 3.63) is 78.5 Å². The van der Waals surface area contributed by atoms with Crippen LogP contribution >= 0.6 is 0 Å². The fourth-order valence-corrected chi connectivity index (χ4v) is 4.30. The second-order valence-corrected chi connectivity index (χ2v) is 8.17. The van der Waals surface area contributed by atoms with Gasteiger partial charge in [0.2, 0.25) is 0 Å². The van der Waals surface area contributed by atoms with Gasteiger partial charge in [-0.25, -0.2) is 0 Å². The van der Waals surface area contributed by atoms with Gasteiger partial charge >= 0.3 is 0 Å². The van der Waals surface area contributed by atoms with Gasteiger partial charge in [0, 0.05) is 61.6 Å². The molecule has 1 aliphatic heterocycles. The Labute approximate surface area is 195 Å². The number of nitrogens with one attached hydrogen (secondary N) is 1. The molecule has 0 saturated carbocycles. The first-order valence-electron chi connectivity index (χ1n) is 11.0. The van der Waals surface area contributed by atoms with Crippen molar-refractivity contribution in [3.63, 3.8) is 0 Å². The number of H-pyrrole nitrogens is 1. The summed E-state index contributed by atoms with van der Waals surface area (Å²) in [7, 11) is 0. The molecule has 1 unspecified atom stereocenters. The van der Waals surface area contributed by atoms with Gasteiger partial charge in [-0.15, -0.1) is 0 Å². The van der Waals surface area contributed by atoms with E-state index in [-0.39, 0.29) is 24.1 Å². The van der Waals surface area contributed by atoms with Crippen LogP contribution in [0.3, 0.4) is 0 Å². The number of amides is 2. The Bertz CT molecular complexity index is 1370. The molecule has 0 spiro atoms. The maximum atomic E-state index is 13.2. The molecule has 170 valence electrons. The molecule has 0 bridgehead atoms. The molecular weight excluding hydrogens is 432 g/mol. The Hall–Kier alpha value is -4.40. The lowest BCUT2D eigenvalue weighted by atomic mass is 10.1. The fourth-order valence-electron chi connectivity index (χ4n) is 4.30. The first-order chi connectivity index (χ1) is 16.5. The summed E-state index contributed by atoms with van der Waals surface area (Å²) in [5, 5.41) is 0. The number of carbonyl (C=O) groups excluding carboxylic acids is 3. The maximum Gasteiger partial charge on any atom is 0.295 e. The summed E-state index contributed by atoms with van der Waals surface area (Å²) in [6, 6.07) is 10.5. The number of ketones is 1. The monoisotopic (exact) mass is 454 g/mol. The Balaban J connectivity index is 1.35. The van der Waals surface area contributed by atoms with Gasteiger partial charge in [0.15, 0.2) is 0 Å². The number of hydrogen-bond acceptors (Lipinski definition) is 6. The molecule has 1 saturated heterocycles. The lowest BCUT2D eigenvalue weighted by Crippen LogP contribution is -2.56. The van der Waals surface area contributed by atoms with Gasteiger partial charge in [-0.1, -0.05) is 18.2 Å². The zero-order valence-corrected chi connectivity index (χ0v) is 18.5. The molecule has 2 amide bonds. The van der Waals surface area contributed by atoms with E-state index in [0.717, 1.165) is 5.56 Å². The lowest BCUT2D eigenvalue weighted by Gasteiger charge is -2.39. The van der Waals surface area contributed by atoms with Crippen molar-refractivity contribution in [2.24, 2.45) is 0 Å². The number of hydrogen-bond donors (Lipinski definition) is 1. The Morgan fingerprint density at radius 1 is 1.00 bits per heavy atom. The van der Waals surface area contributed by atoms with Crippen molar-refractivity contribution < 1.29 is 14.4 Å². The molecule has 0 radical (unpaired) electrons. The quantitative estimate of drug-likeness (QED) is 0.375. The van der Waals surface area contributed by atoms with Gasteiger partial charge in [-0.05, 0) is 25.1 Å². The third kappa shape index (κ3) is 3.81. The van der Waals surface area contributed by atoms with E-state index in [1.807, 2.05) is 25.1 Å². The highest BCUT2D eigenvalue weighted by Crippen LogP contribution is 2.27. The predicted molar refractivity (Wildman–Crippen MR) is 125 cm³/mol. The molecule has 1 atom stereocenters. The zero-order chi connectivity index (χ0) is 23.7. The Morgan fingerprint density at radius 3 is 2.56 bits per heavy atom. The molecule has 1 aromatic carbocycles. The molecule has 9 heteroatoms. The fraction of sp³-hybridized carbons (Fsp3) is 0.200. The van der Waals surface area contributed by atoms with Crippen LogP contribution in [-0.2, 0) is 4.79 Å². The summed E-state index contributed by atoms with van der Waals surface area (Å²) in [5.41, 5.74) is 3.22. The van der Waals surface area contributed by atoms with Gasteiger partial charge in [-0.2, -0.15) is 0 Å². The van der Waals surface area contributed by atoms with Crippen molar-refractivity contribution in [2.75, 3.05) is 19.6 Å². The van der Waals surface area contributed by atoms with E-state index in [0.29, 0.717) is 35.4 Å². The smallest absolute Gasteiger partial charge is 0.295 e. The summed E-state index contributed by atoms with van der Waals surface area (Å²) < 4.78 is 0. The number of pyridine rings is 1. The van der Waals surface area contributed by atoms with Crippen LogP contribution < -0.4 is 0 Å². The molecule has 1 aliphatic rings. The first kappa shape index (κ1) is 21.4. The number of piperazine rings is 1. The molecule has 4 aromatic rings. The van der Waals surface area contributed by atoms with Crippen LogP contribution in [0.2, 0.25) is 0 Å². The summed E-state index contributed by atoms with van der Waals surface area (Å²) >= 11 is 0. The van der Waals surface area contributed by atoms with Gasteiger partial charge in [0.1, 0.15) is 0 Å². The minimum Gasteiger partial charge on any atom is -0.359 e. The van der Waals surface area contributed by atoms with Crippen LogP contribution in [0.5, 0.6) is 0 Å². The number of aromatic amines is 1. The third-order valence-corrected chi connectivity index (χ3v) is 6.04. The minimum absolute atomic E-state index is 0.0803. The molecule has 5 rings (SSSR count). The lowest BCUT2D eigenvalue weighted by molar-refractivity contribution is -0.130. The van der Waals surface area contributed by atoms with Crippen LogP contribution in [0.1, 0.15) is 27.6 Å². The first-order valence-corrected chi connectivity index (χ1v) is 11.0. The second kappa shape index (κ2) is 8.86. The largest absolute Gasteiger partial charge is 0.359 e. The zero-order valence-electron chi connectivity index (χ0n) is 18.5. The van der Waals surface area contributed by atoms with Crippen LogP contribution in [0.25, 0.3) is 22.3 Å². The number of fused-ring (bicyclic) bond motifs is 1. The van der Waals surface area contributed by atoms with Gasteiger partial charge < -0.3 is 14.8 Å². The molecule has 34 heavy (non-hydrogen) atoms. The minimum atomic E-state index is -0.635. The number of aromatic nitrogens is 4. The van der Waals surface area contributed by atoms with Crippen LogP contribution in [0, 0.1) is 0 Å². The van der Waals surface area contributed by atoms with E-state index >= 15 is 0 Å². The predicted octanol–water partition coefficient (Wildman–Crippen LogP) is 2.58. The summed E-state index contributed by atoms with van der Waals surface area (Å²) in [4.78, 5) is 58.2. The number of Topliss-reactive ketones (excluding diaryl/α,β-unsaturated/α-hetero) is 1. The second-order valence-electron chi connectivity index (χ2n) is 8.17. The standard InChI is InChI=1S/C25H22N6O3/c1-16-15-30(24(33)17-5-3-2-4-6-17)11-12-31(16)25(34)23(32)19-13-29-21-18(7-8-28-22(19)21)20-14-26-9-10-27-20/h2-10,13-14,16,29H,11-12,15H2,1H3. The van der Waals surface area contributed by atoms with Crippen molar-refractivity contribution >= 4 is 28.6 Å². The Morgan fingerprint density at radius 2 is 1.82 bits per heavy atom. The molecule has 1 N–H and O–H groups in total. The van der Waals surface area contributed by atoms with Crippen LogP contribution in [0.4, 0.5) is 0 Å². The van der Waals surface area contributed by atoms with Crippen LogP contribution in [-0.4, -0.2) is 73.0 Å². The highest BCUT2D eigenvalue weighted by atomic mass is 16.2. The SMILES string of the molecule is CC1CN(C(=O)c2ccccc2)CCN1C(=O)C(=O)c1c[nH]c2c(-c3cnccn3)ccnc12. The van der Waals surface area contributed by atoms with E-state index in [1.54, 1.807) is 47.9 Å². The van der Waals surface area contributed by atoms with Crippen LogP contribution in [0.15, 0.2) is 67.4 Å². The van der Waals surface area contributed by atoms with Crippen molar-refractivity contribution in [1.82, 2.24) is 29.7 Å². The molecular formula is C25H22N6O3. The maximum absolute atomic E-state index is 13.2. The summed E-state index contributed by atoms with van der Waals surface area (Å²) in [6.07, 6.45) is 7.89. The number of carbonyl (C=O) groups is 3. The molecule has 1 fully saturated rings. The van der Waals surface area contributed by atoms with E-state index in [4.69, 9.17) is 0 Å². The van der Waals surface area contributed by atoms with Gasteiger partial charge in [0.25, 0.3) is 17.6 Å². The average molecular weight is 454 g/mol. The van der Waals surface area contributed by atoms with Gasteiger partial charge in [0.05, 0.1) is 28.5 Å². The van der Waals surface area contributed by atoms with Crippen molar-refractivity contribution in [3.8, 4) is 11.3 Å².